The fourth-order valence-electron chi connectivity index (χ4n) is 3.02. The van der Waals surface area contributed by atoms with E-state index in [-0.39, 0.29) is 0 Å². The van der Waals surface area contributed by atoms with E-state index in [1.54, 1.807) is 6.92 Å². The Morgan fingerprint density at radius 3 is 2.89 bits per heavy atom. The van der Waals surface area contributed by atoms with Gasteiger partial charge in [-0.25, -0.2) is 0 Å². The molecule has 0 aromatic heterocycles. The van der Waals surface area contributed by atoms with E-state index in [4.69, 9.17) is 9.47 Å². The Morgan fingerprint density at radius 2 is 2.32 bits per heavy atom. The van der Waals surface area contributed by atoms with Crippen LogP contribution in [-0.2, 0) is 19.1 Å². The Balaban J connectivity index is 2.06. The second-order valence-electron chi connectivity index (χ2n) is 5.76. The van der Waals surface area contributed by atoms with Crippen molar-refractivity contribution in [3.05, 3.63) is 11.6 Å². The molecule has 0 N–H and O–H groups in total. The van der Waals surface area contributed by atoms with Crippen molar-refractivity contribution in [1.29, 1.82) is 0 Å². The highest BCUT2D eigenvalue weighted by Crippen LogP contribution is 2.43. The van der Waals surface area contributed by atoms with Gasteiger partial charge in [0.05, 0.1) is 6.61 Å². The monoisotopic (exact) mass is 266 g/mol. The van der Waals surface area contributed by atoms with Gasteiger partial charge in [0.1, 0.15) is 5.60 Å². The average Bonchev–Trinajstić information content (AvgIpc) is 2.67. The predicted octanol–water partition coefficient (Wildman–Crippen LogP) is 2.62. The van der Waals surface area contributed by atoms with Crippen LogP contribution in [0.4, 0.5) is 0 Å². The zero-order valence-electron chi connectivity index (χ0n) is 11.9. The molecule has 0 bridgehead atoms. The summed E-state index contributed by atoms with van der Waals surface area (Å²) in [4.78, 5) is 23.6. The number of rotatable bonds is 3. The lowest BCUT2D eigenvalue weighted by atomic mass is 9.76. The third-order valence-corrected chi connectivity index (χ3v) is 4.30. The average molecular weight is 266 g/mol. The lowest BCUT2D eigenvalue weighted by Crippen LogP contribution is -2.35. The molecule has 0 saturated carbocycles. The number of hydrogen-bond donors (Lipinski definition) is 0. The molecule has 1 aliphatic heterocycles. The molecule has 0 aromatic rings. The Labute approximate surface area is 114 Å². The largest absolute Gasteiger partial charge is 0.465 e. The summed E-state index contributed by atoms with van der Waals surface area (Å²) in [5.41, 5.74) is 0.872. The highest BCUT2D eigenvalue weighted by Gasteiger charge is 2.51. The quantitative estimate of drug-likeness (QED) is 0.447. The van der Waals surface area contributed by atoms with Crippen LogP contribution in [0, 0.1) is 11.8 Å². The van der Waals surface area contributed by atoms with Crippen LogP contribution in [0.15, 0.2) is 11.6 Å². The van der Waals surface area contributed by atoms with Gasteiger partial charge < -0.3 is 9.47 Å². The maximum absolute atomic E-state index is 11.9. The zero-order valence-corrected chi connectivity index (χ0v) is 11.9. The number of esters is 2. The molecule has 0 amide bonds. The van der Waals surface area contributed by atoms with Gasteiger partial charge in [-0.15, -0.1) is 0 Å². The molecule has 4 nitrogen and oxygen atoms in total. The topological polar surface area (TPSA) is 52.6 Å². The number of hydrogen-bond acceptors (Lipinski definition) is 4. The molecule has 0 aromatic carbocycles. The van der Waals surface area contributed by atoms with Crippen LogP contribution in [0.5, 0.6) is 0 Å². The Kier molecular flexibility index (Phi) is 3.97. The van der Waals surface area contributed by atoms with E-state index in [1.807, 2.05) is 6.92 Å². The van der Waals surface area contributed by atoms with Crippen LogP contribution in [-0.4, -0.2) is 24.1 Å². The summed E-state index contributed by atoms with van der Waals surface area (Å²) in [6, 6.07) is 0. The zero-order chi connectivity index (χ0) is 14.0. The highest BCUT2D eigenvalue weighted by atomic mass is 16.6. The highest BCUT2D eigenvalue weighted by molar-refractivity contribution is 5.96. The number of carbonyl (C=O) groups excluding carboxylic acids is 2. The molecule has 19 heavy (non-hydrogen) atoms. The number of carbonyl (C=O) groups is 2. The fraction of sp³-hybridized carbons (Fsp3) is 0.733. The van der Waals surface area contributed by atoms with Gasteiger partial charge in [0.2, 0.25) is 0 Å². The van der Waals surface area contributed by atoms with Crippen LogP contribution in [0.25, 0.3) is 0 Å². The van der Waals surface area contributed by atoms with Crippen molar-refractivity contribution in [2.75, 3.05) is 6.61 Å². The molecular formula is C15H22O4. The van der Waals surface area contributed by atoms with Gasteiger partial charge in [0.25, 0.3) is 0 Å². The maximum atomic E-state index is 11.9. The smallest absolute Gasteiger partial charge is 0.321 e. The summed E-state index contributed by atoms with van der Waals surface area (Å²) < 4.78 is 10.5. The molecule has 106 valence electrons. The first-order valence-corrected chi connectivity index (χ1v) is 7.01. The standard InChI is InChI=1S/C15H22O4/c1-4-18-13(16)12-9-15(3,19-14(12)17)11-7-5-10(2)6-8-11/h5,11-12H,4,6-9H2,1-3H3/t11-,12?,15?/m0/s1. The Morgan fingerprint density at radius 1 is 1.58 bits per heavy atom. The van der Waals surface area contributed by atoms with Gasteiger partial charge >= 0.3 is 11.9 Å². The molecule has 2 unspecified atom stereocenters. The van der Waals surface area contributed by atoms with E-state index >= 15 is 0 Å². The SMILES string of the molecule is CCOC(=O)C1CC(C)([C@H]2CC=C(C)CC2)OC1=O. The Hall–Kier alpha value is -1.32. The molecule has 2 rings (SSSR count). The van der Waals surface area contributed by atoms with Crippen LogP contribution < -0.4 is 0 Å². The predicted molar refractivity (Wildman–Crippen MR) is 70.3 cm³/mol. The van der Waals surface area contributed by atoms with Crippen molar-refractivity contribution < 1.29 is 19.1 Å². The third kappa shape index (κ3) is 2.82. The van der Waals surface area contributed by atoms with E-state index in [2.05, 4.69) is 13.0 Å². The second kappa shape index (κ2) is 5.35. The van der Waals surface area contributed by atoms with Crippen LogP contribution >= 0.6 is 0 Å². The number of ether oxygens (including phenoxy) is 2. The van der Waals surface area contributed by atoms with Gasteiger partial charge in [-0.05, 0) is 40.0 Å². The number of allylic oxidation sites excluding steroid dienone is 2. The second-order valence-corrected chi connectivity index (χ2v) is 5.76. The van der Waals surface area contributed by atoms with Gasteiger partial charge in [-0.2, -0.15) is 0 Å². The van der Waals surface area contributed by atoms with Crippen LogP contribution in [0.3, 0.4) is 0 Å². The van der Waals surface area contributed by atoms with E-state index in [0.717, 1.165) is 19.3 Å². The summed E-state index contributed by atoms with van der Waals surface area (Å²) in [7, 11) is 0. The minimum absolute atomic E-state index is 0.296. The van der Waals surface area contributed by atoms with Gasteiger partial charge in [0, 0.05) is 12.3 Å². The Bertz CT molecular complexity index is 412. The summed E-state index contributed by atoms with van der Waals surface area (Å²) in [6.45, 7) is 6.11. The molecule has 1 heterocycles. The maximum Gasteiger partial charge on any atom is 0.321 e. The van der Waals surface area contributed by atoms with Crippen LogP contribution in [0.1, 0.15) is 46.5 Å². The molecule has 0 spiro atoms. The normalized spacial score (nSPS) is 34.7. The summed E-state index contributed by atoms with van der Waals surface area (Å²) in [5, 5.41) is 0. The third-order valence-electron chi connectivity index (χ3n) is 4.30. The molecule has 2 aliphatic rings. The molecule has 4 heteroatoms. The van der Waals surface area contributed by atoms with E-state index in [1.165, 1.54) is 5.57 Å². The molecule has 3 atom stereocenters. The first kappa shape index (κ1) is 14.1. The fourth-order valence-corrected chi connectivity index (χ4v) is 3.02. The van der Waals surface area contributed by atoms with Crippen molar-refractivity contribution in [3.63, 3.8) is 0 Å². The van der Waals surface area contributed by atoms with Crippen molar-refractivity contribution in [2.45, 2.75) is 52.1 Å². The molecule has 1 fully saturated rings. The van der Waals surface area contributed by atoms with Crippen molar-refractivity contribution in [1.82, 2.24) is 0 Å². The van der Waals surface area contributed by atoms with Gasteiger partial charge in [0.15, 0.2) is 5.92 Å². The van der Waals surface area contributed by atoms with E-state index in [9.17, 15) is 9.59 Å². The summed E-state index contributed by atoms with van der Waals surface area (Å²) in [6.07, 6.45) is 5.64. The lowest BCUT2D eigenvalue weighted by molar-refractivity contribution is -0.159. The van der Waals surface area contributed by atoms with Gasteiger partial charge in [-0.1, -0.05) is 11.6 Å². The van der Waals surface area contributed by atoms with Crippen molar-refractivity contribution in [3.8, 4) is 0 Å². The molecule has 1 aliphatic carbocycles. The summed E-state index contributed by atoms with van der Waals surface area (Å²) >= 11 is 0. The minimum Gasteiger partial charge on any atom is -0.465 e. The van der Waals surface area contributed by atoms with Crippen molar-refractivity contribution >= 4 is 11.9 Å². The van der Waals surface area contributed by atoms with E-state index < -0.39 is 23.5 Å². The van der Waals surface area contributed by atoms with Gasteiger partial charge in [-0.3, -0.25) is 9.59 Å². The molecule has 1 saturated heterocycles. The summed E-state index contributed by atoms with van der Waals surface area (Å²) in [5.74, 6) is -1.30. The van der Waals surface area contributed by atoms with E-state index in [0.29, 0.717) is 18.9 Å². The van der Waals surface area contributed by atoms with Crippen molar-refractivity contribution in [2.24, 2.45) is 11.8 Å². The van der Waals surface area contributed by atoms with Crippen LogP contribution in [0.2, 0.25) is 0 Å². The first-order chi connectivity index (χ1) is 8.96. The molecular weight excluding hydrogens is 244 g/mol. The minimum atomic E-state index is -0.739. The molecule has 0 radical (unpaired) electrons. The number of cyclic esters (lactones) is 1. The lowest BCUT2D eigenvalue weighted by Gasteiger charge is -2.34. The first-order valence-electron chi connectivity index (χ1n) is 7.01.